The van der Waals surface area contributed by atoms with E-state index < -0.39 is 0 Å². The van der Waals surface area contributed by atoms with Crippen LogP contribution in [-0.4, -0.2) is 17.4 Å². The van der Waals surface area contributed by atoms with Gasteiger partial charge >= 0.3 is 5.97 Å². The Balaban J connectivity index is 3.17. The van der Waals surface area contributed by atoms with Crippen molar-refractivity contribution in [2.45, 2.75) is 6.92 Å². The van der Waals surface area contributed by atoms with Crippen LogP contribution in [0.2, 0.25) is 0 Å². The molecule has 0 bridgehead atoms. The highest BCUT2D eigenvalue weighted by molar-refractivity contribution is 5.82. The van der Waals surface area contributed by atoms with E-state index in [1.165, 1.54) is 6.08 Å². The van der Waals surface area contributed by atoms with Gasteiger partial charge in [-0.15, -0.1) is 0 Å². The van der Waals surface area contributed by atoms with Gasteiger partial charge in [0.1, 0.15) is 0 Å². The average Bonchev–Trinajstić information content (AvgIpc) is 1.68. The van der Waals surface area contributed by atoms with Gasteiger partial charge in [-0.3, -0.25) is 0 Å². The van der Waals surface area contributed by atoms with E-state index in [4.69, 9.17) is 4.79 Å². The first kappa shape index (κ1) is 6.21. The van der Waals surface area contributed by atoms with Crippen molar-refractivity contribution in [3.63, 3.8) is 0 Å². The van der Waals surface area contributed by atoms with Crippen molar-refractivity contribution in [3.05, 3.63) is 12.7 Å². The van der Waals surface area contributed by atoms with Gasteiger partial charge in [0.15, 0.2) is 6.61 Å². The fourth-order valence-electron chi connectivity index (χ4n) is 0.207. The van der Waals surface area contributed by atoms with E-state index in [9.17, 15) is 0 Å². The van der Waals surface area contributed by atoms with Crippen LogP contribution in [0.25, 0.3) is 0 Å². The molecule has 0 aliphatic carbocycles. The smallest absolute Gasteiger partial charge is 0.335 e. The minimum atomic E-state index is -0.109. The zero-order valence-electron chi connectivity index (χ0n) is 4.35. The molecule has 0 aliphatic heterocycles. The van der Waals surface area contributed by atoms with Crippen LogP contribution in [0.3, 0.4) is 0 Å². The van der Waals surface area contributed by atoms with Crippen LogP contribution in [0.5, 0.6) is 0 Å². The third-order valence-electron chi connectivity index (χ3n) is 0.467. The molecule has 0 aromatic carbocycles. The molecule has 0 amide bonds. The van der Waals surface area contributed by atoms with Crippen LogP contribution < -0.4 is 0 Å². The summed E-state index contributed by atoms with van der Waals surface area (Å²) in [5, 5.41) is 0. The SMILES string of the molecule is C=CC(=[OH+])OCC. The Morgan fingerprint density at radius 3 is 2.71 bits per heavy atom. The largest absolute Gasteiger partial charge is 0.509 e. The fourth-order valence-corrected chi connectivity index (χ4v) is 0.207. The molecule has 0 aliphatic rings. The van der Waals surface area contributed by atoms with Gasteiger partial charge in [0.05, 0.1) is 6.08 Å². The molecule has 1 N–H and O–H groups in total. The summed E-state index contributed by atoms with van der Waals surface area (Å²) < 4.78 is 4.55. The van der Waals surface area contributed by atoms with Crippen molar-refractivity contribution in [1.29, 1.82) is 0 Å². The normalized spacial score (nSPS) is 7.57. The summed E-state index contributed by atoms with van der Waals surface area (Å²) in [4.78, 5) is 8.43. The highest BCUT2D eigenvalue weighted by Crippen LogP contribution is 1.73. The zero-order valence-corrected chi connectivity index (χ0v) is 4.35. The molecule has 2 heteroatoms. The van der Waals surface area contributed by atoms with Gasteiger partial charge < -0.3 is 9.53 Å². The summed E-state index contributed by atoms with van der Waals surface area (Å²) in [6, 6.07) is 0. The summed E-state index contributed by atoms with van der Waals surface area (Å²) in [6.07, 6.45) is 1.25. The van der Waals surface area contributed by atoms with E-state index in [-0.39, 0.29) is 5.97 Å². The number of hydrogen-bond donors (Lipinski definition) is 0. The minimum absolute atomic E-state index is 0.109. The highest BCUT2D eigenvalue weighted by Gasteiger charge is 1.98. The lowest BCUT2D eigenvalue weighted by molar-refractivity contribution is 0.296. The number of rotatable bonds is 2. The Morgan fingerprint density at radius 2 is 2.57 bits per heavy atom. The lowest BCUT2D eigenvalue weighted by Gasteiger charge is -1.79. The molecular formula is C5H9O2+. The molecule has 0 fully saturated rings. The molecule has 0 radical (unpaired) electrons. The molecule has 0 saturated heterocycles. The monoisotopic (exact) mass is 101 g/mol. The second-order valence-electron chi connectivity index (χ2n) is 0.975. The second kappa shape index (κ2) is 3.40. The maximum atomic E-state index is 8.43. The number of hydrogen-bond acceptors (Lipinski definition) is 1. The second-order valence-corrected chi connectivity index (χ2v) is 0.975. The van der Waals surface area contributed by atoms with Crippen LogP contribution in [0.15, 0.2) is 12.7 Å². The molecule has 0 aromatic heterocycles. The van der Waals surface area contributed by atoms with E-state index in [0.717, 1.165) is 0 Å². The lowest BCUT2D eigenvalue weighted by Crippen LogP contribution is -1.98. The standard InChI is InChI=1S/C5H8O2/c1-3-5(6)7-4-2/h3H,1,4H2,2H3/p+1. The fraction of sp³-hybridized carbons (Fsp3) is 0.400. The molecule has 0 rings (SSSR count). The van der Waals surface area contributed by atoms with E-state index >= 15 is 0 Å². The van der Waals surface area contributed by atoms with Gasteiger partial charge in [0.2, 0.25) is 0 Å². The Hall–Kier alpha value is -0.790. The molecule has 0 aromatic rings. The number of carbonyl (C=O) groups excluding carboxylic acids is 1. The van der Waals surface area contributed by atoms with Crippen LogP contribution in [0.4, 0.5) is 0 Å². The molecule has 0 spiro atoms. The van der Waals surface area contributed by atoms with Gasteiger partial charge in [0, 0.05) is 0 Å². The Morgan fingerprint density at radius 1 is 2.00 bits per heavy atom. The van der Waals surface area contributed by atoms with Gasteiger partial charge in [-0.1, -0.05) is 6.58 Å². The molecule has 0 unspecified atom stereocenters. The quantitative estimate of drug-likeness (QED) is 0.286. The maximum Gasteiger partial charge on any atom is 0.509 e. The van der Waals surface area contributed by atoms with Gasteiger partial charge in [-0.25, -0.2) is 0 Å². The summed E-state index contributed by atoms with van der Waals surface area (Å²) in [5.41, 5.74) is 0. The topological polar surface area (TPSA) is 30.6 Å². The first-order chi connectivity index (χ1) is 3.31. The molecule has 0 saturated carbocycles. The first-order valence-electron chi connectivity index (χ1n) is 2.12. The maximum absolute atomic E-state index is 8.43. The lowest BCUT2D eigenvalue weighted by atomic mass is 10.6. The van der Waals surface area contributed by atoms with Crippen LogP contribution >= 0.6 is 0 Å². The predicted molar refractivity (Wildman–Crippen MR) is 28.8 cm³/mol. The van der Waals surface area contributed by atoms with Crippen molar-refractivity contribution in [1.82, 2.24) is 0 Å². The third-order valence-corrected chi connectivity index (χ3v) is 0.467. The molecular weight excluding hydrogens is 92.1 g/mol. The van der Waals surface area contributed by atoms with Gasteiger partial charge in [-0.2, -0.15) is 0 Å². The summed E-state index contributed by atoms with van der Waals surface area (Å²) in [7, 11) is 0. The third kappa shape index (κ3) is 3.03. The van der Waals surface area contributed by atoms with E-state index in [1.54, 1.807) is 6.92 Å². The summed E-state index contributed by atoms with van der Waals surface area (Å²) in [5.74, 6) is -0.109. The molecule has 0 atom stereocenters. The minimum Gasteiger partial charge on any atom is -0.335 e. The Kier molecular flexibility index (Phi) is 3.02. The van der Waals surface area contributed by atoms with Gasteiger partial charge in [0.25, 0.3) is 0 Å². The number of ether oxygens (including phenoxy) is 1. The van der Waals surface area contributed by atoms with Gasteiger partial charge in [-0.05, 0) is 6.92 Å². The zero-order chi connectivity index (χ0) is 5.70. The Labute approximate surface area is 42.8 Å². The van der Waals surface area contributed by atoms with Crippen molar-refractivity contribution in [2.24, 2.45) is 0 Å². The van der Waals surface area contributed by atoms with Crippen molar-refractivity contribution in [3.8, 4) is 0 Å². The van der Waals surface area contributed by atoms with Crippen molar-refractivity contribution in [2.75, 3.05) is 6.61 Å². The summed E-state index contributed by atoms with van der Waals surface area (Å²) >= 11 is 0. The molecule has 40 valence electrons. The van der Waals surface area contributed by atoms with E-state index in [1.807, 2.05) is 0 Å². The number of esters is 1. The van der Waals surface area contributed by atoms with E-state index in [2.05, 4.69) is 11.3 Å². The summed E-state index contributed by atoms with van der Waals surface area (Å²) in [6.45, 7) is 5.54. The van der Waals surface area contributed by atoms with Crippen molar-refractivity contribution < 1.29 is 9.53 Å². The molecule has 7 heavy (non-hydrogen) atoms. The molecule has 0 heterocycles. The highest BCUT2D eigenvalue weighted by atomic mass is 16.5. The Bertz CT molecular complexity index is 76.1. The van der Waals surface area contributed by atoms with Crippen LogP contribution in [0, 0.1) is 0 Å². The van der Waals surface area contributed by atoms with Crippen LogP contribution in [0.1, 0.15) is 6.92 Å². The van der Waals surface area contributed by atoms with E-state index in [0.29, 0.717) is 6.61 Å². The van der Waals surface area contributed by atoms with Crippen molar-refractivity contribution >= 4 is 5.97 Å². The predicted octanol–water partition coefficient (Wildman–Crippen LogP) is 0.711. The first-order valence-corrected chi connectivity index (χ1v) is 2.12. The molecule has 2 nitrogen and oxygen atoms in total. The van der Waals surface area contributed by atoms with Crippen LogP contribution in [-0.2, 0) is 4.74 Å². The average molecular weight is 101 g/mol.